The Labute approximate surface area is 128 Å². The van der Waals surface area contributed by atoms with Crippen LogP contribution in [0.4, 0.5) is 5.82 Å². The first-order valence-corrected chi connectivity index (χ1v) is 8.20. The van der Waals surface area contributed by atoms with Gasteiger partial charge in [-0.05, 0) is 50.4 Å². The number of aryl methyl sites for hydroxylation is 1. The zero-order valence-corrected chi connectivity index (χ0v) is 13.7. The van der Waals surface area contributed by atoms with E-state index in [9.17, 15) is 0 Å². The summed E-state index contributed by atoms with van der Waals surface area (Å²) in [7, 11) is 4.11. The fourth-order valence-electron chi connectivity index (χ4n) is 2.87. The van der Waals surface area contributed by atoms with Gasteiger partial charge in [0.1, 0.15) is 5.82 Å². The van der Waals surface area contributed by atoms with Gasteiger partial charge in [-0.15, -0.1) is 0 Å². The van der Waals surface area contributed by atoms with E-state index >= 15 is 0 Å². The highest BCUT2D eigenvalue weighted by atomic mass is 16.5. The van der Waals surface area contributed by atoms with Gasteiger partial charge in [0.05, 0.1) is 6.10 Å². The quantitative estimate of drug-likeness (QED) is 0.838. The molecule has 1 aliphatic rings. The van der Waals surface area contributed by atoms with Gasteiger partial charge in [-0.25, -0.2) is 4.98 Å². The first-order valence-electron chi connectivity index (χ1n) is 8.20. The standard InChI is InChI=1S/C17H29N3O/c1-4-7-15-10-14(12-18-2)11-17(19-15)20(3)13-16-8-5-6-9-21-16/h10-11,16,18H,4-9,12-13H2,1-3H3. The third-order valence-corrected chi connectivity index (χ3v) is 3.95. The number of nitrogens with one attached hydrogen (secondary N) is 1. The molecule has 21 heavy (non-hydrogen) atoms. The average molecular weight is 291 g/mol. The zero-order chi connectivity index (χ0) is 15.1. The fraction of sp³-hybridized carbons (Fsp3) is 0.706. The molecule has 1 atom stereocenters. The van der Waals surface area contributed by atoms with Crippen LogP contribution < -0.4 is 10.2 Å². The third kappa shape index (κ3) is 4.97. The summed E-state index contributed by atoms with van der Waals surface area (Å²) in [6.07, 6.45) is 6.18. The molecule has 1 aromatic rings. The highest BCUT2D eigenvalue weighted by Gasteiger charge is 2.17. The van der Waals surface area contributed by atoms with E-state index in [4.69, 9.17) is 9.72 Å². The van der Waals surface area contributed by atoms with Gasteiger partial charge in [0, 0.05) is 32.4 Å². The van der Waals surface area contributed by atoms with E-state index in [-0.39, 0.29) is 0 Å². The van der Waals surface area contributed by atoms with Crippen LogP contribution in [0.25, 0.3) is 0 Å². The second kappa shape index (κ2) is 8.35. The summed E-state index contributed by atoms with van der Waals surface area (Å²) in [5.74, 6) is 1.07. The summed E-state index contributed by atoms with van der Waals surface area (Å²) in [5.41, 5.74) is 2.50. The van der Waals surface area contributed by atoms with E-state index in [1.165, 1.54) is 30.5 Å². The molecule has 1 unspecified atom stereocenters. The zero-order valence-electron chi connectivity index (χ0n) is 13.7. The molecule has 0 radical (unpaired) electrons. The fourth-order valence-corrected chi connectivity index (χ4v) is 2.87. The molecular formula is C17H29N3O. The van der Waals surface area contributed by atoms with E-state index < -0.39 is 0 Å². The summed E-state index contributed by atoms with van der Waals surface area (Å²) in [6, 6.07) is 4.41. The van der Waals surface area contributed by atoms with Crippen molar-refractivity contribution in [3.05, 3.63) is 23.4 Å². The number of pyridine rings is 1. The van der Waals surface area contributed by atoms with Gasteiger partial charge in [0.15, 0.2) is 0 Å². The number of hydrogen-bond donors (Lipinski definition) is 1. The highest BCUT2D eigenvalue weighted by Crippen LogP contribution is 2.19. The molecule has 0 aliphatic carbocycles. The van der Waals surface area contributed by atoms with Crippen molar-refractivity contribution in [2.75, 3.05) is 32.1 Å². The van der Waals surface area contributed by atoms with Crippen LogP contribution in [0.15, 0.2) is 12.1 Å². The van der Waals surface area contributed by atoms with Crippen LogP contribution in [0.1, 0.15) is 43.9 Å². The molecule has 0 spiro atoms. The van der Waals surface area contributed by atoms with Crippen molar-refractivity contribution in [2.24, 2.45) is 0 Å². The second-order valence-electron chi connectivity index (χ2n) is 5.97. The molecule has 0 saturated carbocycles. The number of anilines is 1. The lowest BCUT2D eigenvalue weighted by Gasteiger charge is -2.28. The number of aromatic nitrogens is 1. The maximum absolute atomic E-state index is 5.84. The number of likely N-dealkylation sites (N-methyl/N-ethyl adjacent to an activating group) is 1. The van der Waals surface area contributed by atoms with Crippen LogP contribution in [0, 0.1) is 0 Å². The van der Waals surface area contributed by atoms with Crippen molar-refractivity contribution in [1.82, 2.24) is 10.3 Å². The molecule has 0 amide bonds. The summed E-state index contributed by atoms with van der Waals surface area (Å²) in [4.78, 5) is 7.06. The van der Waals surface area contributed by atoms with Crippen molar-refractivity contribution in [1.29, 1.82) is 0 Å². The van der Waals surface area contributed by atoms with Gasteiger partial charge in [-0.3, -0.25) is 0 Å². The Kier molecular flexibility index (Phi) is 6.46. The number of hydrogen-bond acceptors (Lipinski definition) is 4. The van der Waals surface area contributed by atoms with Gasteiger partial charge in [-0.1, -0.05) is 13.3 Å². The lowest BCUT2D eigenvalue weighted by molar-refractivity contribution is 0.0215. The van der Waals surface area contributed by atoms with Crippen LogP contribution >= 0.6 is 0 Å². The second-order valence-corrected chi connectivity index (χ2v) is 5.97. The first-order chi connectivity index (χ1) is 10.2. The van der Waals surface area contributed by atoms with Crippen molar-refractivity contribution >= 4 is 5.82 Å². The van der Waals surface area contributed by atoms with E-state index in [1.54, 1.807) is 0 Å². The van der Waals surface area contributed by atoms with Crippen LogP contribution in [0.2, 0.25) is 0 Å². The van der Waals surface area contributed by atoms with Crippen molar-refractivity contribution < 1.29 is 4.74 Å². The van der Waals surface area contributed by atoms with E-state index in [0.717, 1.165) is 38.4 Å². The SMILES string of the molecule is CCCc1cc(CNC)cc(N(C)CC2CCCCO2)n1. The van der Waals surface area contributed by atoms with Gasteiger partial charge in [0.2, 0.25) is 0 Å². The average Bonchev–Trinajstić information content (AvgIpc) is 2.49. The lowest BCUT2D eigenvalue weighted by atomic mass is 10.1. The molecule has 1 fully saturated rings. The normalized spacial score (nSPS) is 18.7. The Hall–Kier alpha value is -1.13. The maximum atomic E-state index is 5.84. The highest BCUT2D eigenvalue weighted by molar-refractivity contribution is 5.42. The van der Waals surface area contributed by atoms with Crippen LogP contribution in [0.3, 0.4) is 0 Å². The van der Waals surface area contributed by atoms with E-state index in [2.05, 4.69) is 36.3 Å². The molecule has 1 aromatic heterocycles. The predicted molar refractivity (Wildman–Crippen MR) is 87.9 cm³/mol. The van der Waals surface area contributed by atoms with Crippen LogP contribution in [-0.2, 0) is 17.7 Å². The minimum Gasteiger partial charge on any atom is -0.376 e. The van der Waals surface area contributed by atoms with Gasteiger partial charge in [-0.2, -0.15) is 0 Å². The molecule has 4 nitrogen and oxygen atoms in total. The minimum absolute atomic E-state index is 0.355. The first kappa shape index (κ1) is 16.2. The van der Waals surface area contributed by atoms with Crippen molar-refractivity contribution in [3.63, 3.8) is 0 Å². The number of rotatable bonds is 7. The van der Waals surface area contributed by atoms with Gasteiger partial charge in [0.25, 0.3) is 0 Å². The Morgan fingerprint density at radius 3 is 2.90 bits per heavy atom. The smallest absolute Gasteiger partial charge is 0.128 e. The molecular weight excluding hydrogens is 262 g/mol. The topological polar surface area (TPSA) is 37.4 Å². The number of nitrogens with zero attached hydrogens (tertiary/aromatic N) is 2. The summed E-state index contributed by atoms with van der Waals surface area (Å²) in [6.45, 7) is 4.93. The Bertz CT molecular complexity index is 406. The Balaban J connectivity index is 2.08. The van der Waals surface area contributed by atoms with Crippen LogP contribution in [0.5, 0.6) is 0 Å². The largest absolute Gasteiger partial charge is 0.376 e. The number of ether oxygens (including phenoxy) is 1. The van der Waals surface area contributed by atoms with Crippen molar-refractivity contribution in [3.8, 4) is 0 Å². The monoisotopic (exact) mass is 291 g/mol. The molecule has 2 rings (SSSR count). The van der Waals surface area contributed by atoms with Gasteiger partial charge < -0.3 is 15.0 Å². The van der Waals surface area contributed by atoms with Gasteiger partial charge >= 0.3 is 0 Å². The molecule has 2 heterocycles. The van der Waals surface area contributed by atoms with E-state index in [0.29, 0.717) is 6.10 Å². The predicted octanol–water partition coefficient (Wildman–Crippen LogP) is 2.76. The van der Waals surface area contributed by atoms with E-state index in [1.807, 2.05) is 7.05 Å². The molecule has 4 heteroatoms. The molecule has 1 aliphatic heterocycles. The Morgan fingerprint density at radius 1 is 1.38 bits per heavy atom. The molecule has 118 valence electrons. The minimum atomic E-state index is 0.355. The lowest BCUT2D eigenvalue weighted by Crippen LogP contribution is -2.34. The molecule has 0 aromatic carbocycles. The third-order valence-electron chi connectivity index (χ3n) is 3.95. The summed E-state index contributed by atoms with van der Waals surface area (Å²) < 4.78 is 5.84. The van der Waals surface area contributed by atoms with Crippen molar-refractivity contribution in [2.45, 2.75) is 51.7 Å². The summed E-state index contributed by atoms with van der Waals surface area (Å²) >= 11 is 0. The molecule has 0 bridgehead atoms. The maximum Gasteiger partial charge on any atom is 0.128 e. The van der Waals surface area contributed by atoms with Crippen LogP contribution in [-0.4, -0.2) is 38.3 Å². The molecule has 1 N–H and O–H groups in total. The summed E-state index contributed by atoms with van der Waals surface area (Å²) in [5, 5.41) is 3.23. The Morgan fingerprint density at radius 2 is 2.24 bits per heavy atom. The molecule has 1 saturated heterocycles.